The van der Waals surface area contributed by atoms with Crippen molar-refractivity contribution in [3.8, 4) is 0 Å². The molecule has 1 aliphatic rings. The fourth-order valence-corrected chi connectivity index (χ4v) is 5.75. The van der Waals surface area contributed by atoms with E-state index in [1.165, 1.54) is 0 Å². The van der Waals surface area contributed by atoms with E-state index in [2.05, 4.69) is 31.0 Å². The number of aromatic nitrogens is 3. The van der Waals surface area contributed by atoms with Gasteiger partial charge in [-0.05, 0) is 54.5 Å². The molecule has 4 rings (SSSR count). The van der Waals surface area contributed by atoms with Gasteiger partial charge in [0.2, 0.25) is 10.0 Å². The minimum Gasteiger partial charge on any atom is -0.285 e. The molecular formula is C21H26N4O2S. The fourth-order valence-electron chi connectivity index (χ4n) is 3.84. The Morgan fingerprint density at radius 1 is 1.11 bits per heavy atom. The first-order chi connectivity index (χ1) is 13.2. The molecule has 28 heavy (non-hydrogen) atoms. The minimum atomic E-state index is -3.64. The standard InChI is InChI=1S/C21H26N4O2S/c1-15-10-11-16(21(2,3)4)14-18(15)28(26,27)25-13-7-8-17(25)20-23-22-19-9-5-6-12-24(19)20/h5-6,9-12,14,17H,7-8,13H2,1-4H3. The summed E-state index contributed by atoms with van der Waals surface area (Å²) in [5, 5.41) is 8.53. The molecule has 1 aliphatic heterocycles. The van der Waals surface area contributed by atoms with Gasteiger partial charge in [0, 0.05) is 12.7 Å². The van der Waals surface area contributed by atoms with Gasteiger partial charge in [0.1, 0.15) is 0 Å². The third-order valence-electron chi connectivity index (χ3n) is 5.48. The molecule has 7 heteroatoms. The number of pyridine rings is 1. The van der Waals surface area contributed by atoms with Crippen molar-refractivity contribution in [2.24, 2.45) is 0 Å². The van der Waals surface area contributed by atoms with Crippen molar-refractivity contribution in [2.45, 2.75) is 56.9 Å². The average molecular weight is 399 g/mol. The second kappa shape index (κ2) is 6.67. The lowest BCUT2D eigenvalue weighted by molar-refractivity contribution is 0.381. The average Bonchev–Trinajstić information content (AvgIpc) is 3.27. The zero-order valence-electron chi connectivity index (χ0n) is 16.8. The van der Waals surface area contributed by atoms with Gasteiger partial charge in [0.15, 0.2) is 11.5 Å². The largest absolute Gasteiger partial charge is 0.285 e. The second-order valence-electron chi connectivity index (χ2n) is 8.49. The van der Waals surface area contributed by atoms with Crippen LogP contribution in [0.15, 0.2) is 47.5 Å². The first kappa shape index (κ1) is 19.1. The van der Waals surface area contributed by atoms with Crippen LogP contribution in [0, 0.1) is 6.92 Å². The molecule has 1 atom stereocenters. The molecule has 6 nitrogen and oxygen atoms in total. The first-order valence-corrected chi connectivity index (χ1v) is 11.1. The third-order valence-corrected chi connectivity index (χ3v) is 7.53. The van der Waals surface area contributed by atoms with E-state index < -0.39 is 10.0 Å². The molecule has 0 bridgehead atoms. The van der Waals surface area contributed by atoms with Gasteiger partial charge in [0.25, 0.3) is 0 Å². The highest BCUT2D eigenvalue weighted by Gasteiger charge is 2.39. The molecule has 1 saturated heterocycles. The van der Waals surface area contributed by atoms with Gasteiger partial charge in [0.05, 0.1) is 10.9 Å². The molecule has 0 amide bonds. The van der Waals surface area contributed by atoms with Crippen LogP contribution in [0.1, 0.15) is 56.6 Å². The molecular weight excluding hydrogens is 372 g/mol. The summed E-state index contributed by atoms with van der Waals surface area (Å²) in [6.45, 7) is 8.63. The van der Waals surface area contributed by atoms with Gasteiger partial charge in [-0.25, -0.2) is 8.42 Å². The van der Waals surface area contributed by atoms with Crippen LogP contribution in [0.4, 0.5) is 0 Å². The van der Waals surface area contributed by atoms with E-state index >= 15 is 0 Å². The molecule has 2 aromatic heterocycles. The zero-order chi connectivity index (χ0) is 20.1. The van der Waals surface area contributed by atoms with Crippen molar-refractivity contribution in [2.75, 3.05) is 6.54 Å². The number of fused-ring (bicyclic) bond motifs is 1. The summed E-state index contributed by atoms with van der Waals surface area (Å²) < 4.78 is 30.8. The van der Waals surface area contributed by atoms with Crippen LogP contribution in [0.25, 0.3) is 5.65 Å². The Morgan fingerprint density at radius 2 is 1.89 bits per heavy atom. The van der Waals surface area contributed by atoms with E-state index in [9.17, 15) is 8.42 Å². The van der Waals surface area contributed by atoms with Crippen LogP contribution in [-0.4, -0.2) is 33.9 Å². The number of nitrogens with zero attached hydrogens (tertiary/aromatic N) is 4. The number of hydrogen-bond donors (Lipinski definition) is 0. The van der Waals surface area contributed by atoms with Gasteiger partial charge >= 0.3 is 0 Å². The Morgan fingerprint density at radius 3 is 2.64 bits per heavy atom. The van der Waals surface area contributed by atoms with Crippen molar-refractivity contribution in [1.82, 2.24) is 18.9 Å². The van der Waals surface area contributed by atoms with E-state index in [1.54, 1.807) is 4.31 Å². The van der Waals surface area contributed by atoms with Crippen molar-refractivity contribution in [3.63, 3.8) is 0 Å². The number of hydrogen-bond acceptors (Lipinski definition) is 4. The number of benzene rings is 1. The first-order valence-electron chi connectivity index (χ1n) is 9.62. The summed E-state index contributed by atoms with van der Waals surface area (Å²) in [4.78, 5) is 0.389. The van der Waals surface area contributed by atoms with Gasteiger partial charge in [-0.15, -0.1) is 10.2 Å². The van der Waals surface area contributed by atoms with E-state index in [1.807, 2.05) is 53.9 Å². The van der Waals surface area contributed by atoms with E-state index in [0.29, 0.717) is 17.3 Å². The molecule has 3 aromatic rings. The van der Waals surface area contributed by atoms with Crippen LogP contribution in [-0.2, 0) is 15.4 Å². The smallest absolute Gasteiger partial charge is 0.244 e. The maximum atomic E-state index is 13.6. The van der Waals surface area contributed by atoms with E-state index in [0.717, 1.165) is 29.6 Å². The highest BCUT2D eigenvalue weighted by molar-refractivity contribution is 7.89. The van der Waals surface area contributed by atoms with Crippen LogP contribution < -0.4 is 0 Å². The van der Waals surface area contributed by atoms with Gasteiger partial charge in [-0.3, -0.25) is 4.40 Å². The summed E-state index contributed by atoms with van der Waals surface area (Å²) in [7, 11) is -3.64. The Bertz CT molecular complexity index is 1130. The normalized spacial score (nSPS) is 18.8. The zero-order valence-corrected chi connectivity index (χ0v) is 17.6. The van der Waals surface area contributed by atoms with Crippen LogP contribution in [0.2, 0.25) is 0 Å². The molecule has 0 spiro atoms. The lowest BCUT2D eigenvalue weighted by atomic mass is 9.87. The molecule has 1 aromatic carbocycles. The molecule has 148 valence electrons. The summed E-state index contributed by atoms with van der Waals surface area (Å²) >= 11 is 0. The topological polar surface area (TPSA) is 67.6 Å². The van der Waals surface area contributed by atoms with E-state index in [-0.39, 0.29) is 11.5 Å². The molecule has 0 aliphatic carbocycles. The predicted molar refractivity (Wildman–Crippen MR) is 109 cm³/mol. The van der Waals surface area contributed by atoms with Crippen LogP contribution in [0.3, 0.4) is 0 Å². The molecule has 1 unspecified atom stereocenters. The third kappa shape index (κ3) is 3.12. The van der Waals surface area contributed by atoms with Crippen LogP contribution >= 0.6 is 0 Å². The summed E-state index contributed by atoms with van der Waals surface area (Å²) in [6.07, 6.45) is 3.44. The highest BCUT2D eigenvalue weighted by Crippen LogP contribution is 2.37. The fraction of sp³-hybridized carbons (Fsp3) is 0.429. The summed E-state index contributed by atoms with van der Waals surface area (Å²) in [5.41, 5.74) is 2.39. The summed E-state index contributed by atoms with van der Waals surface area (Å²) in [5.74, 6) is 0.682. The Labute approximate surface area is 166 Å². The molecule has 0 radical (unpaired) electrons. The van der Waals surface area contributed by atoms with Crippen molar-refractivity contribution in [3.05, 3.63) is 59.5 Å². The summed E-state index contributed by atoms with van der Waals surface area (Å²) in [6, 6.07) is 11.1. The SMILES string of the molecule is Cc1ccc(C(C)(C)C)cc1S(=O)(=O)N1CCCC1c1nnc2ccccn12. The van der Waals surface area contributed by atoms with Crippen molar-refractivity contribution >= 4 is 15.7 Å². The second-order valence-corrected chi connectivity index (χ2v) is 10.4. The van der Waals surface area contributed by atoms with Gasteiger partial charge in [-0.2, -0.15) is 4.31 Å². The Balaban J connectivity index is 1.79. The van der Waals surface area contributed by atoms with Crippen LogP contribution in [0.5, 0.6) is 0 Å². The van der Waals surface area contributed by atoms with E-state index in [4.69, 9.17) is 0 Å². The van der Waals surface area contributed by atoms with Crippen molar-refractivity contribution < 1.29 is 8.42 Å². The molecule has 0 saturated carbocycles. The maximum Gasteiger partial charge on any atom is 0.244 e. The number of aryl methyl sites for hydroxylation is 1. The minimum absolute atomic E-state index is 0.119. The number of rotatable bonds is 3. The maximum absolute atomic E-state index is 13.6. The Kier molecular flexibility index (Phi) is 4.55. The monoisotopic (exact) mass is 398 g/mol. The quantitative estimate of drug-likeness (QED) is 0.672. The predicted octanol–water partition coefficient (Wildman–Crippen LogP) is 3.86. The van der Waals surface area contributed by atoms with Gasteiger partial charge < -0.3 is 0 Å². The molecule has 3 heterocycles. The highest BCUT2D eigenvalue weighted by atomic mass is 32.2. The van der Waals surface area contributed by atoms with Crippen molar-refractivity contribution in [1.29, 1.82) is 0 Å². The Hall–Kier alpha value is -2.25. The lowest BCUT2D eigenvalue weighted by Crippen LogP contribution is -2.32. The molecule has 1 fully saturated rings. The number of sulfonamides is 1. The van der Waals surface area contributed by atoms with Gasteiger partial charge in [-0.1, -0.05) is 39.0 Å². The lowest BCUT2D eigenvalue weighted by Gasteiger charge is -2.26. The molecule has 0 N–H and O–H groups in total.